The van der Waals surface area contributed by atoms with Gasteiger partial charge in [-0.25, -0.2) is 4.79 Å². The Labute approximate surface area is 117 Å². The average Bonchev–Trinajstić information content (AvgIpc) is 2.22. The summed E-state index contributed by atoms with van der Waals surface area (Å²) in [5.74, 6) is 0.0157. The molecule has 0 saturated heterocycles. The van der Waals surface area contributed by atoms with Gasteiger partial charge in [0.1, 0.15) is 5.60 Å². The molecule has 2 N–H and O–H groups in total. The third-order valence-electron chi connectivity index (χ3n) is 1.90. The van der Waals surface area contributed by atoms with Crippen LogP contribution in [0, 0.1) is 0 Å². The molecule has 0 rings (SSSR count). The van der Waals surface area contributed by atoms with Gasteiger partial charge in [0.25, 0.3) is 0 Å². The molecule has 0 saturated carbocycles. The number of rotatable bonds is 7. The van der Waals surface area contributed by atoms with Crippen LogP contribution in [0.3, 0.4) is 0 Å². The number of nitrogens with one attached hydrogen (secondary N) is 2. The number of hydrogen-bond donors (Lipinski definition) is 2. The molecule has 0 fully saturated rings. The molecule has 0 aliphatic rings. The second-order valence-corrected chi connectivity index (χ2v) is 5.72. The van der Waals surface area contributed by atoms with Crippen molar-refractivity contribution in [1.29, 1.82) is 0 Å². The summed E-state index contributed by atoms with van der Waals surface area (Å²) >= 11 is 3.31. The first-order valence-corrected chi connectivity index (χ1v) is 7.27. The van der Waals surface area contributed by atoms with E-state index in [1.54, 1.807) is 20.8 Å². The quantitative estimate of drug-likeness (QED) is 0.557. The van der Waals surface area contributed by atoms with E-state index in [9.17, 15) is 9.59 Å². The van der Waals surface area contributed by atoms with Gasteiger partial charge in [0.15, 0.2) is 0 Å². The minimum atomic E-state index is -0.497. The Morgan fingerprint density at radius 1 is 1.11 bits per heavy atom. The van der Waals surface area contributed by atoms with Crippen molar-refractivity contribution in [1.82, 2.24) is 10.6 Å². The molecule has 0 aliphatic carbocycles. The lowest BCUT2D eigenvalue weighted by Crippen LogP contribution is -2.37. The minimum Gasteiger partial charge on any atom is -0.444 e. The number of hydrogen-bond acceptors (Lipinski definition) is 3. The third kappa shape index (κ3) is 11.7. The molecule has 0 aromatic heterocycles. The summed E-state index contributed by atoms with van der Waals surface area (Å²) in [5, 5.41) is 6.23. The van der Waals surface area contributed by atoms with Gasteiger partial charge in [-0.15, -0.1) is 0 Å². The van der Waals surface area contributed by atoms with E-state index in [2.05, 4.69) is 26.6 Å². The maximum absolute atomic E-state index is 11.3. The Kier molecular flexibility index (Phi) is 8.79. The van der Waals surface area contributed by atoms with E-state index in [-0.39, 0.29) is 5.91 Å². The van der Waals surface area contributed by atoms with E-state index >= 15 is 0 Å². The lowest BCUT2D eigenvalue weighted by atomic mass is 10.2. The molecule has 0 radical (unpaired) electrons. The molecule has 0 aromatic rings. The van der Waals surface area contributed by atoms with Gasteiger partial charge in [0.2, 0.25) is 5.91 Å². The van der Waals surface area contributed by atoms with Gasteiger partial charge in [0.05, 0.1) is 0 Å². The first-order chi connectivity index (χ1) is 8.35. The standard InChI is InChI=1S/C12H23BrN2O3/c1-12(2,3)18-11(17)15-9-8-14-10(16)6-4-5-7-13/h4-9H2,1-3H3,(H,14,16)(H,15,17). The second-order valence-electron chi connectivity index (χ2n) is 4.92. The number of alkyl carbamates (subject to hydrolysis) is 1. The van der Waals surface area contributed by atoms with Crippen molar-refractivity contribution in [2.24, 2.45) is 0 Å². The van der Waals surface area contributed by atoms with Crippen LogP contribution in [-0.2, 0) is 9.53 Å². The normalized spacial score (nSPS) is 10.9. The van der Waals surface area contributed by atoms with E-state index in [1.165, 1.54) is 0 Å². The number of carbonyl (C=O) groups is 2. The summed E-state index contributed by atoms with van der Waals surface area (Å²) in [4.78, 5) is 22.6. The summed E-state index contributed by atoms with van der Waals surface area (Å²) in [6.07, 6.45) is 1.93. The van der Waals surface area contributed by atoms with Crippen LogP contribution in [0.15, 0.2) is 0 Å². The molecular formula is C12H23BrN2O3. The maximum atomic E-state index is 11.3. The number of halogens is 1. The molecule has 0 bridgehead atoms. The molecule has 106 valence electrons. The fourth-order valence-electron chi connectivity index (χ4n) is 1.15. The van der Waals surface area contributed by atoms with Crippen molar-refractivity contribution in [2.75, 3.05) is 18.4 Å². The predicted octanol–water partition coefficient (Wildman–Crippen LogP) is 2.19. The number of ether oxygens (including phenoxy) is 1. The van der Waals surface area contributed by atoms with Gasteiger partial charge in [-0.2, -0.15) is 0 Å². The summed E-state index contributed by atoms with van der Waals surface area (Å²) in [7, 11) is 0. The van der Waals surface area contributed by atoms with Crippen molar-refractivity contribution >= 4 is 27.9 Å². The lowest BCUT2D eigenvalue weighted by molar-refractivity contribution is -0.121. The molecule has 0 aliphatic heterocycles. The number of unbranched alkanes of at least 4 members (excludes halogenated alkanes) is 1. The van der Waals surface area contributed by atoms with E-state index < -0.39 is 11.7 Å². The Bertz CT molecular complexity index is 265. The van der Waals surface area contributed by atoms with Gasteiger partial charge in [0, 0.05) is 24.8 Å². The molecule has 0 aromatic carbocycles. The zero-order valence-corrected chi connectivity index (χ0v) is 12.9. The topological polar surface area (TPSA) is 67.4 Å². The van der Waals surface area contributed by atoms with E-state index in [1.807, 2.05) is 0 Å². The van der Waals surface area contributed by atoms with Crippen molar-refractivity contribution in [3.8, 4) is 0 Å². The van der Waals surface area contributed by atoms with Crippen LogP contribution in [0.25, 0.3) is 0 Å². The Morgan fingerprint density at radius 3 is 2.28 bits per heavy atom. The van der Waals surface area contributed by atoms with Crippen LogP contribution < -0.4 is 10.6 Å². The summed E-state index contributed by atoms with van der Waals surface area (Å²) in [6.45, 7) is 6.21. The molecule has 0 unspecified atom stereocenters. The van der Waals surface area contributed by atoms with Crippen molar-refractivity contribution in [2.45, 2.75) is 45.6 Å². The summed E-state index contributed by atoms with van der Waals surface area (Å²) < 4.78 is 5.06. The largest absolute Gasteiger partial charge is 0.444 e. The van der Waals surface area contributed by atoms with Gasteiger partial charge >= 0.3 is 6.09 Å². The summed E-state index contributed by atoms with van der Waals surface area (Å²) in [6, 6.07) is 0. The Morgan fingerprint density at radius 2 is 1.72 bits per heavy atom. The number of amides is 2. The molecule has 2 amide bonds. The van der Waals surface area contributed by atoms with Crippen LogP contribution in [-0.4, -0.2) is 36.0 Å². The van der Waals surface area contributed by atoms with E-state index in [0.29, 0.717) is 19.5 Å². The fourth-order valence-corrected chi connectivity index (χ4v) is 1.55. The molecule has 18 heavy (non-hydrogen) atoms. The SMILES string of the molecule is CC(C)(C)OC(=O)NCCNC(=O)CCCCBr. The number of alkyl halides is 1. The third-order valence-corrected chi connectivity index (χ3v) is 2.46. The highest BCUT2D eigenvalue weighted by Crippen LogP contribution is 2.05. The van der Waals surface area contributed by atoms with E-state index in [4.69, 9.17) is 4.74 Å². The highest BCUT2D eigenvalue weighted by molar-refractivity contribution is 9.09. The fraction of sp³-hybridized carbons (Fsp3) is 0.833. The van der Waals surface area contributed by atoms with Crippen molar-refractivity contribution in [3.63, 3.8) is 0 Å². The Balaban J connectivity index is 3.50. The first-order valence-electron chi connectivity index (χ1n) is 6.14. The predicted molar refractivity (Wildman–Crippen MR) is 74.9 cm³/mol. The monoisotopic (exact) mass is 322 g/mol. The summed E-state index contributed by atoms with van der Waals surface area (Å²) in [5.41, 5.74) is -0.497. The molecule has 5 nitrogen and oxygen atoms in total. The molecule has 0 heterocycles. The van der Waals surface area contributed by atoms with Crippen LogP contribution in [0.2, 0.25) is 0 Å². The van der Waals surface area contributed by atoms with Gasteiger partial charge in [-0.1, -0.05) is 15.9 Å². The minimum absolute atomic E-state index is 0.0157. The number of carbonyl (C=O) groups excluding carboxylic acids is 2. The maximum Gasteiger partial charge on any atom is 0.407 e. The lowest BCUT2D eigenvalue weighted by Gasteiger charge is -2.19. The van der Waals surface area contributed by atoms with Gasteiger partial charge < -0.3 is 15.4 Å². The molecule has 0 spiro atoms. The van der Waals surface area contributed by atoms with Crippen LogP contribution in [0.4, 0.5) is 4.79 Å². The zero-order valence-electron chi connectivity index (χ0n) is 11.3. The Hall–Kier alpha value is -0.780. The zero-order chi connectivity index (χ0) is 14.0. The smallest absolute Gasteiger partial charge is 0.407 e. The molecule has 0 atom stereocenters. The van der Waals surface area contributed by atoms with Gasteiger partial charge in [-0.3, -0.25) is 4.79 Å². The van der Waals surface area contributed by atoms with E-state index in [0.717, 1.165) is 18.2 Å². The highest BCUT2D eigenvalue weighted by atomic mass is 79.9. The van der Waals surface area contributed by atoms with Gasteiger partial charge in [-0.05, 0) is 33.6 Å². The highest BCUT2D eigenvalue weighted by Gasteiger charge is 2.15. The average molecular weight is 323 g/mol. The van der Waals surface area contributed by atoms with Crippen LogP contribution >= 0.6 is 15.9 Å². The molecular weight excluding hydrogens is 300 g/mol. The van der Waals surface area contributed by atoms with Crippen LogP contribution in [0.5, 0.6) is 0 Å². The van der Waals surface area contributed by atoms with Crippen LogP contribution in [0.1, 0.15) is 40.0 Å². The van der Waals surface area contributed by atoms with Crippen molar-refractivity contribution in [3.05, 3.63) is 0 Å². The molecule has 6 heteroatoms. The van der Waals surface area contributed by atoms with Crippen molar-refractivity contribution < 1.29 is 14.3 Å². The second kappa shape index (κ2) is 9.19. The first kappa shape index (κ1) is 17.2.